The molecule has 0 atom stereocenters. The van der Waals surface area contributed by atoms with E-state index in [4.69, 9.17) is 9.47 Å². The van der Waals surface area contributed by atoms with Crippen LogP contribution in [0.5, 0.6) is 5.75 Å². The molecule has 0 aliphatic carbocycles. The van der Waals surface area contributed by atoms with Crippen LogP contribution in [0.3, 0.4) is 0 Å². The van der Waals surface area contributed by atoms with E-state index in [-0.39, 0.29) is 17.3 Å². The third-order valence-electron chi connectivity index (χ3n) is 4.15. The summed E-state index contributed by atoms with van der Waals surface area (Å²) in [6.45, 7) is 4.23. The van der Waals surface area contributed by atoms with Gasteiger partial charge in [0.15, 0.2) is 5.69 Å². The Hall–Kier alpha value is -3.10. The Kier molecular flexibility index (Phi) is 5.35. The summed E-state index contributed by atoms with van der Waals surface area (Å²) in [5.74, 6) is 1.10. The molecule has 1 N–H and O–H groups in total. The quantitative estimate of drug-likeness (QED) is 0.873. The summed E-state index contributed by atoms with van der Waals surface area (Å²) in [6, 6.07) is 7.05. The zero-order valence-corrected chi connectivity index (χ0v) is 14.8. The molecule has 1 aromatic carbocycles. The molecule has 9 heteroatoms. The lowest BCUT2D eigenvalue weighted by molar-refractivity contribution is 0.105. The van der Waals surface area contributed by atoms with E-state index in [1.807, 2.05) is 4.90 Å². The monoisotopic (exact) mass is 359 g/mol. The van der Waals surface area contributed by atoms with Crippen LogP contribution in [0.1, 0.15) is 6.92 Å². The van der Waals surface area contributed by atoms with Crippen molar-refractivity contribution >= 4 is 12.0 Å². The fourth-order valence-corrected chi connectivity index (χ4v) is 2.72. The van der Waals surface area contributed by atoms with E-state index < -0.39 is 0 Å². The van der Waals surface area contributed by atoms with E-state index in [2.05, 4.69) is 15.2 Å². The predicted molar refractivity (Wildman–Crippen MR) is 95.4 cm³/mol. The Bertz CT molecular complexity index is 813. The number of carbonyl (C=O) groups is 1. The van der Waals surface area contributed by atoms with Crippen molar-refractivity contribution in [3.05, 3.63) is 34.6 Å². The van der Waals surface area contributed by atoms with Crippen LogP contribution in [0.25, 0.3) is 11.3 Å². The maximum absolute atomic E-state index is 12.4. The molecule has 1 amide bonds. The summed E-state index contributed by atoms with van der Waals surface area (Å²) in [5.41, 5.74) is 0.604. The van der Waals surface area contributed by atoms with E-state index >= 15 is 0 Å². The second kappa shape index (κ2) is 7.85. The van der Waals surface area contributed by atoms with Crippen molar-refractivity contribution in [3.8, 4) is 17.0 Å². The first-order valence-corrected chi connectivity index (χ1v) is 8.40. The number of anilines is 1. The van der Waals surface area contributed by atoms with E-state index in [0.29, 0.717) is 50.0 Å². The molecule has 2 aromatic rings. The number of aromatic amines is 1. The van der Waals surface area contributed by atoms with Gasteiger partial charge in [0.2, 0.25) is 5.95 Å². The predicted octanol–water partition coefficient (Wildman–Crippen LogP) is 1.12. The van der Waals surface area contributed by atoms with Gasteiger partial charge < -0.3 is 19.3 Å². The number of H-pyrrole nitrogens is 1. The molecule has 1 aliphatic heterocycles. The first-order valence-electron chi connectivity index (χ1n) is 8.40. The highest BCUT2D eigenvalue weighted by atomic mass is 16.6. The average molecular weight is 359 g/mol. The van der Waals surface area contributed by atoms with Crippen LogP contribution >= 0.6 is 0 Å². The first-order chi connectivity index (χ1) is 12.6. The van der Waals surface area contributed by atoms with Crippen molar-refractivity contribution in [1.82, 2.24) is 20.1 Å². The summed E-state index contributed by atoms with van der Waals surface area (Å²) >= 11 is 0. The number of nitrogens with one attached hydrogen (secondary N) is 1. The molecule has 0 unspecified atom stereocenters. The van der Waals surface area contributed by atoms with E-state index in [1.165, 1.54) is 0 Å². The minimum atomic E-state index is -0.318. The lowest BCUT2D eigenvalue weighted by atomic mass is 10.1. The minimum Gasteiger partial charge on any atom is -0.497 e. The maximum atomic E-state index is 12.4. The number of methoxy groups -OCH3 is 1. The summed E-state index contributed by atoms with van der Waals surface area (Å²) in [7, 11) is 1.58. The number of hydrogen-bond donors (Lipinski definition) is 1. The van der Waals surface area contributed by atoms with Crippen LogP contribution in [0, 0.1) is 0 Å². The number of carbonyl (C=O) groups excluding carboxylic acids is 1. The molecule has 0 spiro atoms. The number of ether oxygens (including phenoxy) is 2. The summed E-state index contributed by atoms with van der Waals surface area (Å²) < 4.78 is 10.1. The SMILES string of the molecule is CCOC(=O)N1CCN(c2nnc(-c3ccc(OC)cc3)c(=O)[nH]2)CC1. The molecular formula is C17H21N5O4. The van der Waals surface area contributed by atoms with Gasteiger partial charge in [0, 0.05) is 31.7 Å². The van der Waals surface area contributed by atoms with Crippen molar-refractivity contribution in [2.24, 2.45) is 0 Å². The third kappa shape index (κ3) is 3.76. The van der Waals surface area contributed by atoms with Crippen LogP contribution < -0.4 is 15.2 Å². The van der Waals surface area contributed by atoms with Crippen LogP contribution in [-0.2, 0) is 4.74 Å². The van der Waals surface area contributed by atoms with Crippen molar-refractivity contribution in [1.29, 1.82) is 0 Å². The zero-order chi connectivity index (χ0) is 18.5. The Morgan fingerprint density at radius 1 is 1.15 bits per heavy atom. The van der Waals surface area contributed by atoms with Gasteiger partial charge in [-0.15, -0.1) is 10.2 Å². The summed E-state index contributed by atoms with van der Waals surface area (Å²) in [6.07, 6.45) is -0.318. The Morgan fingerprint density at radius 3 is 2.42 bits per heavy atom. The van der Waals surface area contributed by atoms with Gasteiger partial charge in [-0.2, -0.15) is 0 Å². The molecule has 0 radical (unpaired) electrons. The number of benzene rings is 1. The van der Waals surface area contributed by atoms with Crippen molar-refractivity contribution in [2.75, 3.05) is 44.8 Å². The number of nitrogens with zero attached hydrogens (tertiary/aromatic N) is 4. The number of amides is 1. The van der Waals surface area contributed by atoms with E-state index in [1.54, 1.807) is 43.2 Å². The van der Waals surface area contributed by atoms with Gasteiger partial charge in [0.05, 0.1) is 13.7 Å². The molecule has 9 nitrogen and oxygen atoms in total. The van der Waals surface area contributed by atoms with Gasteiger partial charge in [0.1, 0.15) is 5.75 Å². The standard InChI is InChI=1S/C17H21N5O4/c1-3-26-17(24)22-10-8-21(9-11-22)16-18-15(23)14(19-20-16)12-4-6-13(25-2)7-5-12/h4-7H,3,8-11H2,1-2H3,(H,18,20,23). The number of piperazine rings is 1. The third-order valence-corrected chi connectivity index (χ3v) is 4.15. The molecule has 26 heavy (non-hydrogen) atoms. The van der Waals surface area contributed by atoms with Gasteiger partial charge in [-0.25, -0.2) is 4.79 Å². The summed E-state index contributed by atoms with van der Waals surface area (Å²) in [4.78, 5) is 30.4. The fraction of sp³-hybridized carbons (Fsp3) is 0.412. The van der Waals surface area contributed by atoms with Crippen LogP contribution in [0.2, 0.25) is 0 Å². The largest absolute Gasteiger partial charge is 0.497 e. The molecule has 0 saturated carbocycles. The molecule has 3 rings (SSSR count). The van der Waals surface area contributed by atoms with Crippen LogP contribution in [-0.4, -0.2) is 66.1 Å². The summed E-state index contributed by atoms with van der Waals surface area (Å²) in [5, 5.41) is 8.22. The average Bonchev–Trinajstić information content (AvgIpc) is 2.68. The van der Waals surface area contributed by atoms with Crippen molar-refractivity contribution < 1.29 is 14.3 Å². The second-order valence-corrected chi connectivity index (χ2v) is 5.73. The molecule has 138 valence electrons. The number of hydrogen-bond acceptors (Lipinski definition) is 7. The Labute approximate surface area is 150 Å². The first kappa shape index (κ1) is 17.7. The minimum absolute atomic E-state index is 0.251. The van der Waals surface area contributed by atoms with Gasteiger partial charge >= 0.3 is 6.09 Å². The van der Waals surface area contributed by atoms with Crippen molar-refractivity contribution in [3.63, 3.8) is 0 Å². The second-order valence-electron chi connectivity index (χ2n) is 5.73. The van der Waals surface area contributed by atoms with Crippen LogP contribution in [0.4, 0.5) is 10.7 Å². The lowest BCUT2D eigenvalue weighted by Crippen LogP contribution is -2.49. The van der Waals surface area contributed by atoms with Gasteiger partial charge in [-0.05, 0) is 31.2 Å². The van der Waals surface area contributed by atoms with Crippen LogP contribution in [0.15, 0.2) is 29.1 Å². The number of aromatic nitrogens is 3. The maximum Gasteiger partial charge on any atom is 0.409 e. The molecular weight excluding hydrogens is 338 g/mol. The van der Waals surface area contributed by atoms with Gasteiger partial charge in [0.25, 0.3) is 5.56 Å². The van der Waals surface area contributed by atoms with Crippen molar-refractivity contribution in [2.45, 2.75) is 6.92 Å². The highest BCUT2D eigenvalue weighted by Crippen LogP contribution is 2.18. The van der Waals surface area contributed by atoms with Gasteiger partial charge in [-0.3, -0.25) is 9.78 Å². The van der Waals surface area contributed by atoms with E-state index in [9.17, 15) is 9.59 Å². The lowest BCUT2D eigenvalue weighted by Gasteiger charge is -2.33. The molecule has 0 bridgehead atoms. The normalized spacial score (nSPS) is 14.2. The fourth-order valence-electron chi connectivity index (χ4n) is 2.72. The topological polar surface area (TPSA) is 101 Å². The molecule has 1 aliphatic rings. The molecule has 1 fully saturated rings. The van der Waals surface area contributed by atoms with Gasteiger partial charge in [-0.1, -0.05) is 0 Å². The Morgan fingerprint density at radius 2 is 1.85 bits per heavy atom. The molecule has 1 saturated heterocycles. The number of rotatable bonds is 4. The highest BCUT2D eigenvalue weighted by Gasteiger charge is 2.23. The van der Waals surface area contributed by atoms with E-state index in [0.717, 1.165) is 0 Å². The molecule has 2 heterocycles. The molecule has 1 aromatic heterocycles. The smallest absolute Gasteiger partial charge is 0.409 e. The Balaban J connectivity index is 1.70. The highest BCUT2D eigenvalue weighted by molar-refractivity contribution is 5.68. The zero-order valence-electron chi connectivity index (χ0n) is 14.8.